The molecule has 1 N–H and O–H groups in total. The van der Waals surface area contributed by atoms with Crippen LogP contribution in [0.3, 0.4) is 0 Å². The van der Waals surface area contributed by atoms with Gasteiger partial charge in [-0.05, 0) is 48.8 Å². The maximum atomic E-state index is 13.0. The molecule has 3 rings (SSSR count). The third kappa shape index (κ3) is 6.40. The van der Waals surface area contributed by atoms with Gasteiger partial charge in [-0.15, -0.1) is 0 Å². The van der Waals surface area contributed by atoms with Gasteiger partial charge >= 0.3 is 0 Å². The molecule has 1 heterocycles. The van der Waals surface area contributed by atoms with Crippen molar-refractivity contribution < 1.29 is 13.2 Å². The quantitative estimate of drug-likeness (QED) is 0.657. The van der Waals surface area contributed by atoms with E-state index in [1.165, 1.54) is 0 Å². The zero-order chi connectivity index (χ0) is 22.4. The number of hydrogen-bond acceptors (Lipinski definition) is 3. The monoisotopic (exact) mass is 442 g/mol. The predicted octanol–water partition coefficient (Wildman–Crippen LogP) is 4.44. The molecule has 1 aliphatic rings. The number of rotatable bonds is 8. The molecule has 168 valence electrons. The Bertz CT molecular complexity index is 965. The maximum absolute atomic E-state index is 13.0. The lowest BCUT2D eigenvalue weighted by atomic mass is 9.93. The molecule has 1 amide bonds. The predicted molar refractivity (Wildman–Crippen MR) is 125 cm³/mol. The number of hydrogen-bond donors (Lipinski definition) is 1. The fraction of sp³-hybridized carbons (Fsp3) is 0.480. The van der Waals surface area contributed by atoms with Gasteiger partial charge in [0.2, 0.25) is 15.9 Å². The number of piperidine rings is 1. The van der Waals surface area contributed by atoms with Crippen LogP contribution in [0.15, 0.2) is 54.6 Å². The van der Waals surface area contributed by atoms with Gasteiger partial charge in [0, 0.05) is 19.0 Å². The minimum Gasteiger partial charge on any atom is -0.349 e. The van der Waals surface area contributed by atoms with Crippen molar-refractivity contribution >= 4 is 15.9 Å². The average molecular weight is 443 g/mol. The van der Waals surface area contributed by atoms with Crippen molar-refractivity contribution in [2.24, 2.45) is 11.8 Å². The van der Waals surface area contributed by atoms with Crippen molar-refractivity contribution in [1.82, 2.24) is 9.62 Å². The first kappa shape index (κ1) is 23.5. The Morgan fingerprint density at radius 1 is 1.03 bits per heavy atom. The topological polar surface area (TPSA) is 66.5 Å². The number of nitrogens with one attached hydrogen (secondary N) is 1. The van der Waals surface area contributed by atoms with Crippen LogP contribution in [0.5, 0.6) is 0 Å². The van der Waals surface area contributed by atoms with Crippen LogP contribution in [0.4, 0.5) is 0 Å². The fourth-order valence-electron chi connectivity index (χ4n) is 4.18. The van der Waals surface area contributed by atoms with Crippen LogP contribution >= 0.6 is 0 Å². The molecule has 2 aromatic rings. The number of amides is 1. The first-order chi connectivity index (χ1) is 14.8. The van der Waals surface area contributed by atoms with E-state index in [2.05, 4.69) is 19.2 Å². The van der Waals surface area contributed by atoms with Crippen molar-refractivity contribution in [1.29, 1.82) is 0 Å². The van der Waals surface area contributed by atoms with Crippen molar-refractivity contribution in [3.05, 3.63) is 71.3 Å². The van der Waals surface area contributed by atoms with Gasteiger partial charge in [0.25, 0.3) is 0 Å². The van der Waals surface area contributed by atoms with Crippen LogP contribution in [0.25, 0.3) is 0 Å². The molecule has 31 heavy (non-hydrogen) atoms. The molecule has 1 aliphatic heterocycles. The van der Waals surface area contributed by atoms with Crippen molar-refractivity contribution in [3.8, 4) is 0 Å². The Morgan fingerprint density at radius 3 is 2.26 bits per heavy atom. The second-order valence-electron chi connectivity index (χ2n) is 8.96. The third-order valence-corrected chi connectivity index (χ3v) is 7.87. The Labute approximate surface area is 186 Å². The Hall–Kier alpha value is -2.18. The van der Waals surface area contributed by atoms with Gasteiger partial charge in [0.05, 0.1) is 11.8 Å². The minimum atomic E-state index is -3.39. The third-order valence-electron chi connectivity index (χ3n) is 6.04. The van der Waals surface area contributed by atoms with Crippen molar-refractivity contribution in [2.75, 3.05) is 13.1 Å². The molecule has 1 saturated heterocycles. The maximum Gasteiger partial charge on any atom is 0.223 e. The molecule has 0 unspecified atom stereocenters. The Balaban J connectivity index is 1.59. The molecule has 0 spiro atoms. The summed E-state index contributed by atoms with van der Waals surface area (Å²) in [4.78, 5) is 13.0. The SMILES string of the molecule is Cc1ccccc1CS(=O)(=O)N1CCC(C(=O)N[C@@H](CC(C)C)c2ccccc2)CC1. The van der Waals surface area contributed by atoms with E-state index in [1.807, 2.05) is 61.5 Å². The number of carbonyl (C=O) groups is 1. The summed E-state index contributed by atoms with van der Waals surface area (Å²) in [7, 11) is -3.39. The summed E-state index contributed by atoms with van der Waals surface area (Å²) in [6.07, 6.45) is 1.99. The van der Waals surface area contributed by atoms with Crippen LogP contribution in [-0.4, -0.2) is 31.7 Å². The molecule has 0 bridgehead atoms. The Morgan fingerprint density at radius 2 is 1.65 bits per heavy atom. The van der Waals surface area contributed by atoms with Gasteiger partial charge in [-0.1, -0.05) is 68.4 Å². The van der Waals surface area contributed by atoms with E-state index < -0.39 is 10.0 Å². The summed E-state index contributed by atoms with van der Waals surface area (Å²) in [5.74, 6) is 0.355. The second kappa shape index (κ2) is 10.4. The summed E-state index contributed by atoms with van der Waals surface area (Å²) >= 11 is 0. The van der Waals surface area contributed by atoms with Crippen LogP contribution in [0.1, 0.15) is 55.8 Å². The Kier molecular flexibility index (Phi) is 7.89. The summed E-state index contributed by atoms with van der Waals surface area (Å²) in [5.41, 5.74) is 2.93. The molecular weight excluding hydrogens is 408 g/mol. The molecule has 5 nitrogen and oxygen atoms in total. The molecule has 0 saturated carbocycles. The molecule has 0 aliphatic carbocycles. The van der Waals surface area contributed by atoms with Gasteiger partial charge in [-0.3, -0.25) is 4.79 Å². The van der Waals surface area contributed by atoms with E-state index in [1.54, 1.807) is 4.31 Å². The summed E-state index contributed by atoms with van der Waals surface area (Å²) in [5, 5.41) is 3.23. The van der Waals surface area contributed by atoms with E-state index in [4.69, 9.17) is 0 Å². The van der Waals surface area contributed by atoms with E-state index in [0.717, 1.165) is 23.1 Å². The van der Waals surface area contributed by atoms with E-state index in [9.17, 15) is 13.2 Å². The first-order valence-corrected chi connectivity index (χ1v) is 12.7. The highest BCUT2D eigenvalue weighted by Crippen LogP contribution is 2.26. The molecule has 6 heteroatoms. The van der Waals surface area contributed by atoms with E-state index in [0.29, 0.717) is 31.8 Å². The zero-order valence-electron chi connectivity index (χ0n) is 18.8. The fourth-order valence-corrected chi connectivity index (χ4v) is 5.85. The van der Waals surface area contributed by atoms with Gasteiger partial charge in [0.1, 0.15) is 0 Å². The lowest BCUT2D eigenvalue weighted by Gasteiger charge is -2.32. The van der Waals surface area contributed by atoms with Crippen molar-refractivity contribution in [3.63, 3.8) is 0 Å². The van der Waals surface area contributed by atoms with Crippen LogP contribution in [0.2, 0.25) is 0 Å². The summed E-state index contributed by atoms with van der Waals surface area (Å²) in [6, 6.07) is 17.6. The average Bonchev–Trinajstić information content (AvgIpc) is 2.75. The lowest BCUT2D eigenvalue weighted by molar-refractivity contribution is -0.127. The first-order valence-electron chi connectivity index (χ1n) is 11.1. The molecule has 0 aromatic heterocycles. The molecule has 1 fully saturated rings. The second-order valence-corrected chi connectivity index (χ2v) is 10.9. The number of aryl methyl sites for hydroxylation is 1. The van der Waals surface area contributed by atoms with Gasteiger partial charge in [-0.25, -0.2) is 12.7 Å². The number of benzene rings is 2. The van der Waals surface area contributed by atoms with Crippen LogP contribution in [0, 0.1) is 18.8 Å². The molecule has 0 radical (unpaired) electrons. The van der Waals surface area contributed by atoms with E-state index in [-0.39, 0.29) is 23.6 Å². The highest BCUT2D eigenvalue weighted by atomic mass is 32.2. The normalized spacial score (nSPS) is 16.9. The summed E-state index contributed by atoms with van der Waals surface area (Å²) < 4.78 is 27.3. The smallest absolute Gasteiger partial charge is 0.223 e. The molecule has 1 atom stereocenters. The van der Waals surface area contributed by atoms with Gasteiger partial charge in [-0.2, -0.15) is 0 Å². The highest BCUT2D eigenvalue weighted by molar-refractivity contribution is 7.88. The minimum absolute atomic E-state index is 0.0149. The molecular formula is C25H34N2O3S. The zero-order valence-corrected chi connectivity index (χ0v) is 19.6. The number of nitrogens with zero attached hydrogens (tertiary/aromatic N) is 1. The van der Waals surface area contributed by atoms with Crippen LogP contribution < -0.4 is 5.32 Å². The number of sulfonamides is 1. The number of carbonyl (C=O) groups excluding carboxylic acids is 1. The standard InChI is InChI=1S/C25H34N2O3S/c1-19(2)17-24(21-10-5-4-6-11-21)26-25(28)22-13-15-27(16-14-22)31(29,30)18-23-12-8-7-9-20(23)3/h4-12,19,22,24H,13-18H2,1-3H3,(H,26,28)/t24-/m0/s1. The largest absolute Gasteiger partial charge is 0.349 e. The highest BCUT2D eigenvalue weighted by Gasteiger charge is 2.32. The van der Waals surface area contributed by atoms with Crippen molar-refractivity contribution in [2.45, 2.75) is 51.8 Å². The lowest BCUT2D eigenvalue weighted by Crippen LogP contribution is -2.44. The van der Waals surface area contributed by atoms with Gasteiger partial charge < -0.3 is 5.32 Å². The van der Waals surface area contributed by atoms with Gasteiger partial charge in [0.15, 0.2) is 0 Å². The van der Waals surface area contributed by atoms with Crippen LogP contribution in [-0.2, 0) is 20.6 Å². The summed E-state index contributed by atoms with van der Waals surface area (Å²) in [6.45, 7) is 7.03. The molecule has 2 aromatic carbocycles. The van der Waals surface area contributed by atoms with E-state index >= 15 is 0 Å².